The zero-order valence-electron chi connectivity index (χ0n) is 28.0. The van der Waals surface area contributed by atoms with Crippen LogP contribution in [0.3, 0.4) is 0 Å². The van der Waals surface area contributed by atoms with E-state index in [0.717, 1.165) is 24.0 Å². The van der Waals surface area contributed by atoms with E-state index in [1.54, 1.807) is 13.8 Å². The van der Waals surface area contributed by atoms with Gasteiger partial charge in [0.05, 0.1) is 45.7 Å². The lowest BCUT2D eigenvalue weighted by Crippen LogP contribution is -2.38. The predicted octanol–water partition coefficient (Wildman–Crippen LogP) is 5.68. The molecular formula is C33H48N3O11P. The first-order valence-electron chi connectivity index (χ1n) is 15.9. The first-order valence-corrected chi connectivity index (χ1v) is 17.4. The molecule has 2 aromatic carbocycles. The van der Waals surface area contributed by atoms with Crippen molar-refractivity contribution >= 4 is 32.0 Å². The van der Waals surface area contributed by atoms with Crippen LogP contribution in [0.1, 0.15) is 50.7 Å². The Bertz CT molecular complexity index is 1220. The first kappa shape index (κ1) is 40.0. The van der Waals surface area contributed by atoms with Gasteiger partial charge in [-0.25, -0.2) is 14.2 Å². The van der Waals surface area contributed by atoms with Crippen molar-refractivity contribution in [2.45, 2.75) is 58.5 Å². The Labute approximate surface area is 282 Å². The quantitative estimate of drug-likeness (QED) is 0.0399. The number of nitrogens with two attached hydrogens (primary N) is 1. The van der Waals surface area contributed by atoms with Crippen LogP contribution >= 0.6 is 7.75 Å². The maximum atomic E-state index is 13.4. The van der Waals surface area contributed by atoms with E-state index < -0.39 is 26.0 Å². The number of aryl methyl sites for hydroxylation is 2. The van der Waals surface area contributed by atoms with Crippen molar-refractivity contribution < 1.29 is 51.7 Å². The van der Waals surface area contributed by atoms with Crippen molar-refractivity contribution in [3.05, 3.63) is 71.8 Å². The van der Waals surface area contributed by atoms with Crippen molar-refractivity contribution in [1.82, 2.24) is 4.90 Å². The van der Waals surface area contributed by atoms with Crippen molar-refractivity contribution in [1.29, 1.82) is 0 Å². The number of ether oxygens (including phenoxy) is 5. The van der Waals surface area contributed by atoms with Crippen LogP contribution in [0, 0.1) is 0 Å². The van der Waals surface area contributed by atoms with Gasteiger partial charge >= 0.3 is 26.0 Å². The molecule has 266 valence electrons. The number of hydrogen-bond acceptors (Lipinski definition) is 11. The van der Waals surface area contributed by atoms with Crippen LogP contribution in [0.15, 0.2) is 65.4 Å². The molecule has 0 atom stereocenters. The summed E-state index contributed by atoms with van der Waals surface area (Å²) in [7, 11) is -2.74. The van der Waals surface area contributed by atoms with E-state index in [1.807, 2.05) is 60.7 Å². The summed E-state index contributed by atoms with van der Waals surface area (Å²) in [6.45, 7) is 3.09. The Morgan fingerprint density at radius 2 is 1.12 bits per heavy atom. The van der Waals surface area contributed by atoms with E-state index in [2.05, 4.69) is 4.76 Å². The number of nitrogens with zero attached hydrogens (tertiary/aromatic N) is 2. The molecule has 0 saturated heterocycles. The van der Waals surface area contributed by atoms with Crippen LogP contribution in [-0.4, -0.2) is 88.5 Å². The van der Waals surface area contributed by atoms with E-state index in [9.17, 15) is 18.9 Å². The van der Waals surface area contributed by atoms with Crippen LogP contribution in [0.5, 0.6) is 0 Å². The number of carbonyl (C=O) groups excluding carboxylic acids is 3. The van der Waals surface area contributed by atoms with Crippen LogP contribution in [-0.2, 0) is 54.9 Å². The molecule has 0 bridgehead atoms. The van der Waals surface area contributed by atoms with Crippen molar-refractivity contribution in [2.24, 2.45) is 10.5 Å². The van der Waals surface area contributed by atoms with Crippen molar-refractivity contribution in [3.8, 4) is 0 Å². The third kappa shape index (κ3) is 18.9. The van der Waals surface area contributed by atoms with E-state index >= 15 is 0 Å². The molecule has 0 spiro atoms. The monoisotopic (exact) mass is 693 g/mol. The van der Waals surface area contributed by atoms with Gasteiger partial charge in [-0.3, -0.25) is 13.8 Å². The Morgan fingerprint density at radius 1 is 0.708 bits per heavy atom. The summed E-state index contributed by atoms with van der Waals surface area (Å²) in [4.78, 5) is 37.0. The highest BCUT2D eigenvalue weighted by atomic mass is 31.2. The molecule has 0 aromatic heterocycles. The highest BCUT2D eigenvalue weighted by Crippen LogP contribution is 2.50. The molecule has 0 fully saturated rings. The molecule has 0 aliphatic heterocycles. The largest absolute Gasteiger partial charge is 0.508 e. The van der Waals surface area contributed by atoms with E-state index in [0.29, 0.717) is 12.8 Å². The zero-order chi connectivity index (χ0) is 35.0. The molecule has 0 aliphatic rings. The van der Waals surface area contributed by atoms with Gasteiger partial charge < -0.3 is 34.3 Å². The molecule has 0 heterocycles. The Hall–Kier alpha value is -4.13. The molecule has 2 N–H and O–H groups in total. The minimum Gasteiger partial charge on any atom is -0.462 e. The topological polar surface area (TPSA) is 175 Å². The SMILES string of the molecule is CC(C)OC(=O)CN(C)C(N)=NP(=O)(OCCCOC(=O)OCCCc1ccccc1)OCCCOC(=O)OCCCc1ccccc1. The molecule has 0 radical (unpaired) electrons. The van der Waals surface area contributed by atoms with Gasteiger partial charge in [-0.2, -0.15) is 0 Å². The third-order valence-corrected chi connectivity index (χ3v) is 7.69. The first-order chi connectivity index (χ1) is 23.1. The summed E-state index contributed by atoms with van der Waals surface area (Å²) >= 11 is 0. The molecule has 0 aliphatic carbocycles. The van der Waals surface area contributed by atoms with Gasteiger partial charge in [0.25, 0.3) is 0 Å². The lowest BCUT2D eigenvalue weighted by molar-refractivity contribution is -0.147. The molecule has 15 heteroatoms. The maximum absolute atomic E-state index is 13.4. The molecule has 0 unspecified atom stereocenters. The lowest BCUT2D eigenvalue weighted by Gasteiger charge is -2.20. The van der Waals surface area contributed by atoms with Crippen molar-refractivity contribution in [3.63, 3.8) is 0 Å². The summed E-state index contributed by atoms with van der Waals surface area (Å²) in [5, 5.41) is 0. The number of guanidine groups is 1. The number of carbonyl (C=O) groups is 3. The molecule has 0 amide bonds. The smallest absolute Gasteiger partial charge is 0.462 e. The number of esters is 1. The Kier molecular flexibility index (Phi) is 19.4. The molecule has 48 heavy (non-hydrogen) atoms. The van der Waals surface area contributed by atoms with Gasteiger partial charge in [-0.15, -0.1) is 4.76 Å². The normalized spacial score (nSPS) is 11.5. The van der Waals surface area contributed by atoms with Gasteiger partial charge in [0.15, 0.2) is 0 Å². The molecule has 2 rings (SSSR count). The number of benzene rings is 2. The molecule has 0 saturated carbocycles. The fraction of sp³-hybridized carbons (Fsp3) is 0.515. The standard InChI is InChI=1S/C33H48N3O11P/c1-27(2)47-30(37)26-36(3)31(34)35-48(40,45-24-12-22-43-32(38)41-20-10-18-28-14-6-4-7-15-28)46-25-13-23-44-33(39)42-21-11-19-29-16-8-5-9-17-29/h4-9,14-17,27H,10-13,18-26H2,1-3H3,(H2,34,35,40). The Balaban J connectivity index is 1.75. The minimum absolute atomic E-state index is 0.0705. The molecule has 2 aromatic rings. The highest BCUT2D eigenvalue weighted by Gasteiger charge is 2.26. The fourth-order valence-electron chi connectivity index (χ4n) is 3.90. The summed E-state index contributed by atoms with van der Waals surface area (Å²) < 4.78 is 53.6. The summed E-state index contributed by atoms with van der Waals surface area (Å²) in [5.41, 5.74) is 8.26. The van der Waals surface area contributed by atoms with Gasteiger partial charge in [0.2, 0.25) is 5.96 Å². The van der Waals surface area contributed by atoms with Gasteiger partial charge in [-0.1, -0.05) is 60.7 Å². The van der Waals surface area contributed by atoms with Crippen LogP contribution in [0.2, 0.25) is 0 Å². The average molecular weight is 694 g/mol. The van der Waals surface area contributed by atoms with Gasteiger partial charge in [0.1, 0.15) is 6.54 Å². The Morgan fingerprint density at radius 3 is 1.54 bits per heavy atom. The third-order valence-electron chi connectivity index (χ3n) is 6.22. The van der Waals surface area contributed by atoms with Gasteiger partial charge in [0, 0.05) is 19.9 Å². The summed E-state index contributed by atoms with van der Waals surface area (Å²) in [6, 6.07) is 19.6. The van der Waals surface area contributed by atoms with Gasteiger partial charge in [-0.05, 0) is 50.7 Å². The highest BCUT2D eigenvalue weighted by molar-refractivity contribution is 7.52. The average Bonchev–Trinajstić information content (AvgIpc) is 3.05. The van der Waals surface area contributed by atoms with Crippen LogP contribution < -0.4 is 5.73 Å². The van der Waals surface area contributed by atoms with Crippen LogP contribution in [0.4, 0.5) is 9.59 Å². The number of hydrogen-bond donors (Lipinski definition) is 1. The lowest BCUT2D eigenvalue weighted by atomic mass is 10.1. The van der Waals surface area contributed by atoms with Crippen LogP contribution in [0.25, 0.3) is 0 Å². The summed E-state index contributed by atoms with van der Waals surface area (Å²) in [6.07, 6.45) is 1.14. The second-order valence-corrected chi connectivity index (χ2v) is 12.4. The molecular weight excluding hydrogens is 645 g/mol. The minimum atomic E-state index is -4.20. The van der Waals surface area contributed by atoms with E-state index in [-0.39, 0.29) is 71.1 Å². The number of likely N-dealkylation sites (N-methyl/N-ethyl adjacent to an activating group) is 1. The number of rotatable bonds is 22. The second kappa shape index (κ2) is 23.2. The maximum Gasteiger partial charge on any atom is 0.508 e. The second-order valence-electron chi connectivity index (χ2n) is 10.8. The summed E-state index contributed by atoms with van der Waals surface area (Å²) in [5.74, 6) is -0.847. The predicted molar refractivity (Wildman–Crippen MR) is 178 cm³/mol. The molecule has 14 nitrogen and oxygen atoms in total. The fourth-order valence-corrected chi connectivity index (χ4v) is 5.21. The zero-order valence-corrected chi connectivity index (χ0v) is 28.8. The van der Waals surface area contributed by atoms with Crippen molar-refractivity contribution in [2.75, 3.05) is 53.2 Å². The van der Waals surface area contributed by atoms with E-state index in [4.69, 9.17) is 38.5 Å². The van der Waals surface area contributed by atoms with E-state index in [1.165, 1.54) is 11.9 Å².